The van der Waals surface area contributed by atoms with Crippen LogP contribution in [-0.2, 0) is 19.4 Å². The molecule has 0 aromatic carbocycles. The van der Waals surface area contributed by atoms with Crippen molar-refractivity contribution in [1.29, 1.82) is 0 Å². The third kappa shape index (κ3) is 5.59. The van der Waals surface area contributed by atoms with Crippen molar-refractivity contribution >= 4 is 21.7 Å². The van der Waals surface area contributed by atoms with Crippen LogP contribution in [0, 0.1) is 5.92 Å². The normalized spacial score (nSPS) is 21.4. The number of hydrogen-bond acceptors (Lipinski definition) is 4. The minimum Gasteiger partial charge on any atom is -0.351 e. The first-order valence-corrected chi connectivity index (χ1v) is 8.27. The summed E-state index contributed by atoms with van der Waals surface area (Å²) >= 11 is 0. The topological polar surface area (TPSA) is 83.6 Å². The molecule has 2 amide bonds. The average Bonchev–Trinajstić information content (AvgIpc) is 2.56. The van der Waals surface area contributed by atoms with E-state index in [-0.39, 0.29) is 41.8 Å². The van der Waals surface area contributed by atoms with Gasteiger partial charge in [0.1, 0.15) is 0 Å². The maximum absolute atomic E-state index is 11.8. The summed E-state index contributed by atoms with van der Waals surface area (Å²) in [6, 6.07) is -0.314. The molecule has 0 bridgehead atoms. The highest BCUT2D eigenvalue weighted by molar-refractivity contribution is 7.91. The summed E-state index contributed by atoms with van der Waals surface area (Å²) in [7, 11) is -3.00. The summed E-state index contributed by atoms with van der Waals surface area (Å²) in [6.45, 7) is 5.88. The van der Waals surface area contributed by atoms with Gasteiger partial charge in [0.25, 0.3) is 0 Å². The average molecular weight is 290 g/mol. The Morgan fingerprint density at radius 3 is 2.42 bits per heavy atom. The molecule has 0 aromatic heterocycles. The maximum Gasteiger partial charge on any atom is 0.239 e. The van der Waals surface area contributed by atoms with Crippen molar-refractivity contribution in [2.75, 3.05) is 24.6 Å². The zero-order valence-corrected chi connectivity index (χ0v) is 12.5. The van der Waals surface area contributed by atoms with E-state index in [0.29, 0.717) is 13.0 Å². The summed E-state index contributed by atoms with van der Waals surface area (Å²) in [5.74, 6) is -0.0343. The van der Waals surface area contributed by atoms with Gasteiger partial charge in [0.2, 0.25) is 11.8 Å². The number of amides is 2. The van der Waals surface area contributed by atoms with E-state index in [1.54, 1.807) is 0 Å². The van der Waals surface area contributed by atoms with Crippen LogP contribution in [0.3, 0.4) is 0 Å². The Kier molecular flexibility index (Phi) is 5.34. The van der Waals surface area contributed by atoms with Crippen LogP contribution in [0.25, 0.3) is 0 Å². The molecule has 1 atom stereocenters. The summed E-state index contributed by atoms with van der Waals surface area (Å²) < 4.78 is 22.6. The maximum atomic E-state index is 11.8. The minimum atomic E-state index is -3.00. The number of nitrogens with one attached hydrogen (secondary N) is 1. The summed E-state index contributed by atoms with van der Waals surface area (Å²) in [5, 5.41) is 2.68. The first kappa shape index (κ1) is 15.9. The monoisotopic (exact) mass is 290 g/mol. The number of rotatable bonds is 5. The molecule has 6 nitrogen and oxygen atoms in total. The fraction of sp³-hybridized carbons (Fsp3) is 0.833. The summed E-state index contributed by atoms with van der Waals surface area (Å²) in [5.41, 5.74) is 0. The molecular formula is C12H22N2O4S. The largest absolute Gasteiger partial charge is 0.351 e. The van der Waals surface area contributed by atoms with E-state index in [0.717, 1.165) is 0 Å². The lowest BCUT2D eigenvalue weighted by molar-refractivity contribution is -0.135. The zero-order chi connectivity index (χ0) is 14.6. The van der Waals surface area contributed by atoms with Gasteiger partial charge in [-0.05, 0) is 12.3 Å². The third-order valence-corrected chi connectivity index (χ3v) is 4.73. The van der Waals surface area contributed by atoms with Gasteiger partial charge in [-0.1, -0.05) is 13.8 Å². The van der Waals surface area contributed by atoms with Gasteiger partial charge in [-0.15, -0.1) is 0 Å². The van der Waals surface area contributed by atoms with E-state index in [1.807, 2.05) is 13.8 Å². The van der Waals surface area contributed by atoms with E-state index < -0.39 is 9.84 Å². The number of hydrogen-bond donors (Lipinski definition) is 1. The molecule has 1 unspecified atom stereocenters. The van der Waals surface area contributed by atoms with Crippen LogP contribution >= 0.6 is 0 Å². The number of nitrogens with zero attached hydrogens (tertiary/aromatic N) is 1. The first-order chi connectivity index (χ1) is 8.69. The highest BCUT2D eigenvalue weighted by Crippen LogP contribution is 2.11. The molecule has 1 heterocycles. The van der Waals surface area contributed by atoms with Crippen LogP contribution in [0.4, 0.5) is 0 Å². The van der Waals surface area contributed by atoms with Crippen LogP contribution in [0.15, 0.2) is 0 Å². The molecule has 0 saturated carbocycles. The molecule has 1 saturated heterocycles. The smallest absolute Gasteiger partial charge is 0.239 e. The lowest BCUT2D eigenvalue weighted by Crippen LogP contribution is -2.45. The van der Waals surface area contributed by atoms with Gasteiger partial charge < -0.3 is 10.2 Å². The molecule has 1 fully saturated rings. The molecule has 0 spiro atoms. The molecule has 1 N–H and O–H groups in total. The highest BCUT2D eigenvalue weighted by atomic mass is 32.2. The van der Waals surface area contributed by atoms with Crippen LogP contribution in [0.5, 0.6) is 0 Å². The number of sulfone groups is 1. The molecule has 0 aromatic rings. The van der Waals surface area contributed by atoms with Crippen molar-refractivity contribution < 1.29 is 18.0 Å². The van der Waals surface area contributed by atoms with Crippen molar-refractivity contribution in [1.82, 2.24) is 10.2 Å². The molecular weight excluding hydrogens is 268 g/mol. The lowest BCUT2D eigenvalue weighted by atomic mass is 10.2. The van der Waals surface area contributed by atoms with E-state index >= 15 is 0 Å². The summed E-state index contributed by atoms with van der Waals surface area (Å²) in [4.78, 5) is 24.7. The molecule has 0 radical (unpaired) electrons. The second kappa shape index (κ2) is 6.36. The highest BCUT2D eigenvalue weighted by Gasteiger charge is 2.29. The Balaban J connectivity index is 2.47. The van der Waals surface area contributed by atoms with E-state index in [1.165, 1.54) is 11.8 Å². The third-order valence-electron chi connectivity index (χ3n) is 2.96. The van der Waals surface area contributed by atoms with Gasteiger partial charge in [-0.3, -0.25) is 9.59 Å². The van der Waals surface area contributed by atoms with Crippen molar-refractivity contribution in [2.24, 2.45) is 5.92 Å². The molecule has 0 aliphatic carbocycles. The Hall–Kier alpha value is -1.11. The Bertz CT molecular complexity index is 445. The van der Waals surface area contributed by atoms with Gasteiger partial charge in [-0.2, -0.15) is 0 Å². The first-order valence-electron chi connectivity index (χ1n) is 6.45. The van der Waals surface area contributed by atoms with Gasteiger partial charge >= 0.3 is 0 Å². The molecule has 110 valence electrons. The van der Waals surface area contributed by atoms with Crippen molar-refractivity contribution in [3.63, 3.8) is 0 Å². The number of carbonyl (C=O) groups is 2. The Morgan fingerprint density at radius 1 is 1.37 bits per heavy atom. The van der Waals surface area contributed by atoms with Crippen molar-refractivity contribution in [3.8, 4) is 0 Å². The molecule has 7 heteroatoms. The predicted octanol–water partition coefficient (Wildman–Crippen LogP) is -0.206. The summed E-state index contributed by atoms with van der Waals surface area (Å²) in [6.07, 6.45) is 0.457. The zero-order valence-electron chi connectivity index (χ0n) is 11.7. The van der Waals surface area contributed by atoms with E-state index in [4.69, 9.17) is 0 Å². The van der Waals surface area contributed by atoms with Crippen LogP contribution in [0.2, 0.25) is 0 Å². The van der Waals surface area contributed by atoms with Gasteiger partial charge in [-0.25, -0.2) is 8.42 Å². The minimum absolute atomic E-state index is 0.00297. The Labute approximate surface area is 114 Å². The predicted molar refractivity (Wildman–Crippen MR) is 72.3 cm³/mol. The SMILES string of the molecule is CC(=O)N(CC(=O)NC1CCS(=O)(=O)C1)CC(C)C. The second-order valence-corrected chi connectivity index (χ2v) is 7.69. The van der Waals surface area contributed by atoms with Crippen LogP contribution < -0.4 is 5.32 Å². The standard InChI is InChI=1S/C12H22N2O4S/c1-9(2)6-14(10(3)15)7-12(16)13-11-4-5-19(17,18)8-11/h9,11H,4-8H2,1-3H3,(H,13,16). The van der Waals surface area contributed by atoms with Crippen LogP contribution in [-0.4, -0.2) is 55.8 Å². The van der Waals surface area contributed by atoms with Crippen molar-refractivity contribution in [2.45, 2.75) is 33.2 Å². The second-order valence-electron chi connectivity index (χ2n) is 5.46. The van der Waals surface area contributed by atoms with Gasteiger partial charge in [0.15, 0.2) is 9.84 Å². The van der Waals surface area contributed by atoms with Gasteiger partial charge in [0.05, 0.1) is 18.1 Å². The molecule has 1 aliphatic heterocycles. The quantitative estimate of drug-likeness (QED) is 0.759. The molecule has 19 heavy (non-hydrogen) atoms. The number of carbonyl (C=O) groups excluding carboxylic acids is 2. The lowest BCUT2D eigenvalue weighted by Gasteiger charge is -2.23. The van der Waals surface area contributed by atoms with E-state index in [2.05, 4.69) is 5.32 Å². The van der Waals surface area contributed by atoms with Crippen molar-refractivity contribution in [3.05, 3.63) is 0 Å². The van der Waals surface area contributed by atoms with Gasteiger partial charge in [0, 0.05) is 19.5 Å². The fourth-order valence-electron chi connectivity index (χ4n) is 2.10. The van der Waals surface area contributed by atoms with E-state index in [9.17, 15) is 18.0 Å². The Morgan fingerprint density at radius 2 is 2.00 bits per heavy atom. The molecule has 1 rings (SSSR count). The fourth-order valence-corrected chi connectivity index (χ4v) is 3.77. The molecule has 1 aliphatic rings. The van der Waals surface area contributed by atoms with Crippen LogP contribution in [0.1, 0.15) is 27.2 Å².